The summed E-state index contributed by atoms with van der Waals surface area (Å²) in [6, 6.07) is 0.786. The zero-order valence-electron chi connectivity index (χ0n) is 8.20. The van der Waals surface area contributed by atoms with E-state index in [4.69, 9.17) is 5.11 Å². The summed E-state index contributed by atoms with van der Waals surface area (Å²) in [7, 11) is 0. The molecule has 0 aliphatic heterocycles. The number of aromatic nitrogens is 1. The second-order valence-corrected chi connectivity index (χ2v) is 3.02. The fraction of sp³-hybridized carbons (Fsp3) is 0.200. The predicted octanol–water partition coefficient (Wildman–Crippen LogP) is 1.91. The SMILES string of the molecule is C=CC(C)Nc1ncc(F)cc1C(=O)O. The number of hydrogen-bond acceptors (Lipinski definition) is 3. The van der Waals surface area contributed by atoms with E-state index in [-0.39, 0.29) is 17.4 Å². The fourth-order valence-corrected chi connectivity index (χ4v) is 0.992. The Labute approximate surface area is 86.5 Å². The van der Waals surface area contributed by atoms with E-state index in [1.54, 1.807) is 13.0 Å². The van der Waals surface area contributed by atoms with Crippen molar-refractivity contribution in [3.05, 3.63) is 36.3 Å². The van der Waals surface area contributed by atoms with Crippen molar-refractivity contribution in [1.82, 2.24) is 4.98 Å². The fourth-order valence-electron chi connectivity index (χ4n) is 0.992. The van der Waals surface area contributed by atoms with Crippen LogP contribution in [0.3, 0.4) is 0 Å². The molecule has 1 rings (SSSR count). The summed E-state index contributed by atoms with van der Waals surface area (Å²) in [5.74, 6) is -1.76. The number of anilines is 1. The van der Waals surface area contributed by atoms with Crippen LogP contribution in [0.4, 0.5) is 10.2 Å². The van der Waals surface area contributed by atoms with Crippen LogP contribution in [0.25, 0.3) is 0 Å². The Morgan fingerprint density at radius 1 is 1.80 bits per heavy atom. The van der Waals surface area contributed by atoms with Crippen LogP contribution in [0.15, 0.2) is 24.9 Å². The normalized spacial score (nSPS) is 11.9. The van der Waals surface area contributed by atoms with Crippen molar-refractivity contribution in [2.24, 2.45) is 0 Å². The van der Waals surface area contributed by atoms with Crippen molar-refractivity contribution in [2.75, 3.05) is 5.32 Å². The second-order valence-electron chi connectivity index (χ2n) is 3.02. The summed E-state index contributed by atoms with van der Waals surface area (Å²) in [6.45, 7) is 5.32. The lowest BCUT2D eigenvalue weighted by Gasteiger charge is -2.11. The third kappa shape index (κ3) is 2.77. The molecule has 15 heavy (non-hydrogen) atoms. The first-order valence-corrected chi connectivity index (χ1v) is 4.32. The van der Waals surface area contributed by atoms with E-state index in [1.807, 2.05) is 0 Å². The Hall–Kier alpha value is -1.91. The molecule has 0 spiro atoms. The van der Waals surface area contributed by atoms with Crippen molar-refractivity contribution in [1.29, 1.82) is 0 Å². The smallest absolute Gasteiger partial charge is 0.339 e. The first-order chi connectivity index (χ1) is 7.04. The van der Waals surface area contributed by atoms with Crippen LogP contribution in [0.2, 0.25) is 0 Å². The maximum atomic E-state index is 12.8. The number of pyridine rings is 1. The molecule has 1 unspecified atom stereocenters. The minimum Gasteiger partial charge on any atom is -0.478 e. The molecule has 2 N–H and O–H groups in total. The van der Waals surface area contributed by atoms with Crippen LogP contribution in [-0.4, -0.2) is 22.1 Å². The number of aromatic carboxylic acids is 1. The van der Waals surface area contributed by atoms with E-state index in [9.17, 15) is 9.18 Å². The minimum atomic E-state index is -1.22. The van der Waals surface area contributed by atoms with Gasteiger partial charge in [0.25, 0.3) is 0 Å². The highest BCUT2D eigenvalue weighted by atomic mass is 19.1. The molecule has 0 bridgehead atoms. The number of carboxylic acids is 1. The van der Waals surface area contributed by atoms with Gasteiger partial charge in [0, 0.05) is 6.04 Å². The van der Waals surface area contributed by atoms with Crippen molar-refractivity contribution in [3.8, 4) is 0 Å². The van der Waals surface area contributed by atoms with Gasteiger partial charge in [0.2, 0.25) is 0 Å². The monoisotopic (exact) mass is 210 g/mol. The third-order valence-corrected chi connectivity index (χ3v) is 1.80. The van der Waals surface area contributed by atoms with Gasteiger partial charge in [-0.25, -0.2) is 14.2 Å². The third-order valence-electron chi connectivity index (χ3n) is 1.80. The van der Waals surface area contributed by atoms with E-state index in [2.05, 4.69) is 16.9 Å². The first-order valence-electron chi connectivity index (χ1n) is 4.32. The van der Waals surface area contributed by atoms with Gasteiger partial charge in [0.1, 0.15) is 17.2 Å². The topological polar surface area (TPSA) is 62.2 Å². The predicted molar refractivity (Wildman–Crippen MR) is 54.4 cm³/mol. The quantitative estimate of drug-likeness (QED) is 0.745. The molecule has 0 saturated heterocycles. The molecule has 80 valence electrons. The molecule has 1 heterocycles. The van der Waals surface area contributed by atoms with Crippen molar-refractivity contribution in [2.45, 2.75) is 13.0 Å². The lowest BCUT2D eigenvalue weighted by molar-refractivity contribution is 0.0697. The standard InChI is InChI=1S/C10H11FN2O2/c1-3-6(2)13-9-8(10(14)15)4-7(11)5-12-9/h3-6H,1H2,2H3,(H,12,13)(H,14,15). The summed E-state index contributed by atoms with van der Waals surface area (Å²) in [5, 5.41) is 11.6. The molecule has 1 atom stereocenters. The second kappa shape index (κ2) is 4.54. The molecule has 0 amide bonds. The summed E-state index contributed by atoms with van der Waals surface area (Å²) >= 11 is 0. The summed E-state index contributed by atoms with van der Waals surface area (Å²) in [6.07, 6.45) is 2.56. The van der Waals surface area contributed by atoms with Gasteiger partial charge in [-0.3, -0.25) is 0 Å². The molecule has 0 aliphatic carbocycles. The minimum absolute atomic E-state index is 0.135. The molecular formula is C10H11FN2O2. The Kier molecular flexibility index (Phi) is 3.38. The average Bonchev–Trinajstić information content (AvgIpc) is 2.20. The van der Waals surface area contributed by atoms with Crippen molar-refractivity contribution < 1.29 is 14.3 Å². The molecule has 0 aromatic carbocycles. The average molecular weight is 210 g/mol. The van der Waals surface area contributed by atoms with Crippen LogP contribution < -0.4 is 5.32 Å². The lowest BCUT2D eigenvalue weighted by atomic mass is 10.2. The highest BCUT2D eigenvalue weighted by Crippen LogP contribution is 2.14. The van der Waals surface area contributed by atoms with E-state index in [1.165, 1.54) is 0 Å². The van der Waals surface area contributed by atoms with Gasteiger partial charge in [0.05, 0.1) is 6.20 Å². The maximum Gasteiger partial charge on any atom is 0.339 e. The van der Waals surface area contributed by atoms with Gasteiger partial charge in [-0.15, -0.1) is 6.58 Å². The molecule has 4 nitrogen and oxygen atoms in total. The number of hydrogen-bond donors (Lipinski definition) is 2. The molecule has 0 fully saturated rings. The van der Waals surface area contributed by atoms with Gasteiger partial charge < -0.3 is 10.4 Å². The molecule has 0 radical (unpaired) electrons. The Bertz CT molecular complexity index is 393. The van der Waals surface area contributed by atoms with Gasteiger partial charge in [-0.05, 0) is 13.0 Å². The Balaban J connectivity index is 3.05. The summed E-state index contributed by atoms with van der Waals surface area (Å²) < 4.78 is 12.8. The van der Waals surface area contributed by atoms with E-state index < -0.39 is 11.8 Å². The van der Waals surface area contributed by atoms with Crippen LogP contribution in [0, 0.1) is 5.82 Å². The Morgan fingerprint density at radius 3 is 3.00 bits per heavy atom. The van der Waals surface area contributed by atoms with Gasteiger partial charge in [-0.2, -0.15) is 0 Å². The maximum absolute atomic E-state index is 12.8. The molecule has 0 saturated carbocycles. The van der Waals surface area contributed by atoms with Crippen LogP contribution in [0.5, 0.6) is 0 Å². The number of nitrogens with one attached hydrogen (secondary N) is 1. The van der Waals surface area contributed by atoms with E-state index in [0.717, 1.165) is 12.3 Å². The van der Waals surface area contributed by atoms with Crippen LogP contribution in [-0.2, 0) is 0 Å². The molecule has 1 aromatic heterocycles. The van der Waals surface area contributed by atoms with Gasteiger partial charge in [0.15, 0.2) is 0 Å². The van der Waals surface area contributed by atoms with E-state index >= 15 is 0 Å². The van der Waals surface area contributed by atoms with E-state index in [0.29, 0.717) is 0 Å². The zero-order valence-corrected chi connectivity index (χ0v) is 8.20. The molecule has 5 heteroatoms. The molecule has 1 aromatic rings. The number of rotatable bonds is 4. The number of carboxylic acid groups (broad SMARTS) is 1. The number of nitrogens with zero attached hydrogens (tertiary/aromatic N) is 1. The highest BCUT2D eigenvalue weighted by Gasteiger charge is 2.13. The summed E-state index contributed by atoms with van der Waals surface area (Å²) in [5.41, 5.74) is -0.191. The Morgan fingerprint density at radius 2 is 2.47 bits per heavy atom. The zero-order chi connectivity index (χ0) is 11.4. The first kappa shape index (κ1) is 11.2. The highest BCUT2D eigenvalue weighted by molar-refractivity contribution is 5.93. The number of carbonyl (C=O) groups is 1. The van der Waals surface area contributed by atoms with Gasteiger partial charge in [-0.1, -0.05) is 6.08 Å². The number of halogens is 1. The largest absolute Gasteiger partial charge is 0.478 e. The van der Waals surface area contributed by atoms with Crippen molar-refractivity contribution >= 4 is 11.8 Å². The van der Waals surface area contributed by atoms with Crippen LogP contribution in [0.1, 0.15) is 17.3 Å². The van der Waals surface area contributed by atoms with Gasteiger partial charge >= 0.3 is 5.97 Å². The van der Waals surface area contributed by atoms with Crippen LogP contribution >= 0.6 is 0 Å². The van der Waals surface area contributed by atoms with Crippen molar-refractivity contribution in [3.63, 3.8) is 0 Å². The lowest BCUT2D eigenvalue weighted by Crippen LogP contribution is -2.16. The summed E-state index contributed by atoms with van der Waals surface area (Å²) in [4.78, 5) is 14.4. The molecular weight excluding hydrogens is 199 g/mol. The molecule has 0 aliphatic rings.